The Labute approximate surface area is 107 Å². The van der Waals surface area contributed by atoms with Crippen molar-refractivity contribution in [3.05, 3.63) is 0 Å². The molecular formula is C12H21N3O3. The molecule has 1 heterocycles. The predicted molar refractivity (Wildman–Crippen MR) is 66.4 cm³/mol. The van der Waals surface area contributed by atoms with Crippen LogP contribution in [0.3, 0.4) is 0 Å². The van der Waals surface area contributed by atoms with E-state index >= 15 is 0 Å². The quantitative estimate of drug-likeness (QED) is 0.784. The standard InChI is InChI=1S/C12H21N3O3/c1-2-13-5-7-14(8-6-13)12(18)15(9-11(16)17)10-3-4-10/h10H,2-9H2,1H3,(H,16,17). The Hall–Kier alpha value is -1.30. The summed E-state index contributed by atoms with van der Waals surface area (Å²) < 4.78 is 0. The number of likely N-dealkylation sites (N-methyl/N-ethyl adjacent to an activating group) is 1. The van der Waals surface area contributed by atoms with E-state index in [9.17, 15) is 9.59 Å². The summed E-state index contributed by atoms with van der Waals surface area (Å²) in [7, 11) is 0. The molecule has 18 heavy (non-hydrogen) atoms. The number of hydrogen-bond acceptors (Lipinski definition) is 3. The van der Waals surface area contributed by atoms with Crippen molar-refractivity contribution in [3.63, 3.8) is 0 Å². The topological polar surface area (TPSA) is 64.1 Å². The first-order chi connectivity index (χ1) is 8.61. The van der Waals surface area contributed by atoms with Gasteiger partial charge in [-0.1, -0.05) is 6.92 Å². The molecule has 2 fully saturated rings. The maximum Gasteiger partial charge on any atom is 0.323 e. The lowest BCUT2D eigenvalue weighted by molar-refractivity contribution is -0.137. The van der Waals surface area contributed by atoms with Gasteiger partial charge < -0.3 is 19.8 Å². The third kappa shape index (κ3) is 3.13. The number of carbonyl (C=O) groups is 2. The molecular weight excluding hydrogens is 234 g/mol. The lowest BCUT2D eigenvalue weighted by atomic mass is 10.3. The van der Waals surface area contributed by atoms with Crippen molar-refractivity contribution in [3.8, 4) is 0 Å². The van der Waals surface area contributed by atoms with Crippen molar-refractivity contribution in [1.29, 1.82) is 0 Å². The van der Waals surface area contributed by atoms with E-state index in [4.69, 9.17) is 5.11 Å². The SMILES string of the molecule is CCN1CCN(C(=O)N(CC(=O)O)C2CC2)CC1. The Morgan fingerprint density at radius 3 is 2.28 bits per heavy atom. The Morgan fingerprint density at radius 2 is 1.83 bits per heavy atom. The zero-order valence-electron chi connectivity index (χ0n) is 10.8. The van der Waals surface area contributed by atoms with Gasteiger partial charge in [-0.2, -0.15) is 0 Å². The number of aliphatic carboxylic acids is 1. The zero-order chi connectivity index (χ0) is 13.1. The molecule has 1 saturated heterocycles. The first-order valence-corrected chi connectivity index (χ1v) is 6.61. The number of hydrogen-bond donors (Lipinski definition) is 1. The second-order valence-electron chi connectivity index (χ2n) is 4.96. The lowest BCUT2D eigenvalue weighted by Crippen LogP contribution is -2.54. The number of carboxylic acid groups (broad SMARTS) is 1. The molecule has 2 rings (SSSR count). The normalized spacial score (nSPS) is 20.8. The second-order valence-corrected chi connectivity index (χ2v) is 4.96. The van der Waals surface area contributed by atoms with E-state index in [0.717, 1.165) is 32.5 Å². The van der Waals surface area contributed by atoms with Crippen LogP contribution in [0.25, 0.3) is 0 Å². The highest BCUT2D eigenvalue weighted by Gasteiger charge is 2.36. The van der Waals surface area contributed by atoms with Crippen molar-refractivity contribution in [2.24, 2.45) is 0 Å². The molecule has 0 aromatic carbocycles. The summed E-state index contributed by atoms with van der Waals surface area (Å²) in [6, 6.07) is 0.0495. The third-order valence-electron chi connectivity index (χ3n) is 3.63. The number of carbonyl (C=O) groups excluding carboxylic acids is 1. The molecule has 2 amide bonds. The minimum atomic E-state index is -0.928. The highest BCUT2D eigenvalue weighted by atomic mass is 16.4. The van der Waals surface area contributed by atoms with E-state index in [2.05, 4.69) is 11.8 Å². The maximum atomic E-state index is 12.3. The van der Waals surface area contributed by atoms with E-state index in [1.165, 1.54) is 4.90 Å². The zero-order valence-corrected chi connectivity index (χ0v) is 10.8. The monoisotopic (exact) mass is 255 g/mol. The van der Waals surface area contributed by atoms with Gasteiger partial charge in [0.2, 0.25) is 0 Å². The van der Waals surface area contributed by atoms with Gasteiger partial charge in [0, 0.05) is 32.2 Å². The van der Waals surface area contributed by atoms with Crippen LogP contribution in [0.5, 0.6) is 0 Å². The minimum Gasteiger partial charge on any atom is -0.480 e. The molecule has 1 N–H and O–H groups in total. The molecule has 6 nitrogen and oxygen atoms in total. The Bertz CT molecular complexity index is 323. The van der Waals surface area contributed by atoms with Gasteiger partial charge in [0.1, 0.15) is 6.54 Å². The average molecular weight is 255 g/mol. The van der Waals surface area contributed by atoms with Crippen LogP contribution in [-0.4, -0.2) is 77.1 Å². The van der Waals surface area contributed by atoms with Crippen molar-refractivity contribution in [2.75, 3.05) is 39.3 Å². The molecule has 0 atom stereocenters. The Kier molecular flexibility index (Phi) is 4.06. The molecule has 1 saturated carbocycles. The lowest BCUT2D eigenvalue weighted by Gasteiger charge is -2.36. The van der Waals surface area contributed by atoms with Crippen LogP contribution < -0.4 is 0 Å². The summed E-state index contributed by atoms with van der Waals surface area (Å²) in [6.45, 7) is 6.12. The van der Waals surface area contributed by atoms with Crippen LogP contribution in [-0.2, 0) is 4.79 Å². The molecule has 1 aliphatic carbocycles. The number of nitrogens with zero attached hydrogens (tertiary/aromatic N) is 3. The van der Waals surface area contributed by atoms with Crippen molar-refractivity contribution < 1.29 is 14.7 Å². The smallest absolute Gasteiger partial charge is 0.323 e. The summed E-state index contributed by atoms with van der Waals surface area (Å²) in [5, 5.41) is 8.87. The van der Waals surface area contributed by atoms with Gasteiger partial charge in [-0.15, -0.1) is 0 Å². The molecule has 0 spiro atoms. The van der Waals surface area contributed by atoms with Gasteiger partial charge in [0.25, 0.3) is 0 Å². The number of urea groups is 1. The van der Waals surface area contributed by atoms with Crippen LogP contribution in [0, 0.1) is 0 Å². The van der Waals surface area contributed by atoms with E-state index in [-0.39, 0.29) is 18.6 Å². The van der Waals surface area contributed by atoms with Crippen LogP contribution in [0.2, 0.25) is 0 Å². The molecule has 6 heteroatoms. The summed E-state index contributed by atoms with van der Waals surface area (Å²) >= 11 is 0. The fourth-order valence-electron chi connectivity index (χ4n) is 2.32. The number of amides is 2. The average Bonchev–Trinajstić information content (AvgIpc) is 3.19. The van der Waals surface area contributed by atoms with Crippen molar-refractivity contribution >= 4 is 12.0 Å². The van der Waals surface area contributed by atoms with E-state index in [1.54, 1.807) is 4.90 Å². The highest BCUT2D eigenvalue weighted by Crippen LogP contribution is 2.27. The van der Waals surface area contributed by atoms with Gasteiger partial charge in [0.15, 0.2) is 0 Å². The summed E-state index contributed by atoms with van der Waals surface area (Å²) in [4.78, 5) is 28.7. The van der Waals surface area contributed by atoms with E-state index in [1.807, 2.05) is 0 Å². The van der Waals surface area contributed by atoms with Gasteiger partial charge >= 0.3 is 12.0 Å². The number of carboxylic acids is 1. The fraction of sp³-hybridized carbons (Fsp3) is 0.833. The van der Waals surface area contributed by atoms with Gasteiger partial charge in [-0.3, -0.25) is 4.79 Å². The van der Waals surface area contributed by atoms with Crippen LogP contribution in [0.15, 0.2) is 0 Å². The van der Waals surface area contributed by atoms with Crippen molar-refractivity contribution in [2.45, 2.75) is 25.8 Å². The van der Waals surface area contributed by atoms with Crippen LogP contribution in [0.4, 0.5) is 4.79 Å². The van der Waals surface area contributed by atoms with Crippen LogP contribution >= 0.6 is 0 Å². The molecule has 0 radical (unpaired) electrons. The summed E-state index contributed by atoms with van der Waals surface area (Å²) in [5.74, 6) is -0.928. The molecule has 0 aromatic rings. The van der Waals surface area contributed by atoms with E-state index < -0.39 is 5.97 Å². The maximum absolute atomic E-state index is 12.3. The third-order valence-corrected chi connectivity index (χ3v) is 3.63. The molecule has 1 aliphatic heterocycles. The summed E-state index contributed by atoms with van der Waals surface area (Å²) in [6.07, 6.45) is 1.88. The first-order valence-electron chi connectivity index (χ1n) is 6.61. The number of piperazine rings is 1. The summed E-state index contributed by atoms with van der Waals surface area (Å²) in [5.41, 5.74) is 0. The largest absolute Gasteiger partial charge is 0.480 e. The van der Waals surface area contributed by atoms with Gasteiger partial charge in [0.05, 0.1) is 0 Å². The van der Waals surface area contributed by atoms with E-state index in [0.29, 0.717) is 13.1 Å². The minimum absolute atomic E-state index is 0.101. The van der Waals surface area contributed by atoms with Gasteiger partial charge in [-0.05, 0) is 19.4 Å². The molecule has 0 bridgehead atoms. The molecule has 2 aliphatic rings. The molecule has 0 aromatic heterocycles. The number of rotatable bonds is 4. The predicted octanol–water partition coefficient (Wildman–Crippen LogP) is 0.293. The van der Waals surface area contributed by atoms with Gasteiger partial charge in [-0.25, -0.2) is 4.79 Å². The highest BCUT2D eigenvalue weighted by molar-refractivity contribution is 5.80. The Balaban J connectivity index is 1.90. The Morgan fingerprint density at radius 1 is 1.22 bits per heavy atom. The second kappa shape index (κ2) is 5.56. The van der Waals surface area contributed by atoms with Crippen LogP contribution in [0.1, 0.15) is 19.8 Å². The van der Waals surface area contributed by atoms with Crippen molar-refractivity contribution in [1.82, 2.24) is 14.7 Å². The fourth-order valence-corrected chi connectivity index (χ4v) is 2.32. The molecule has 0 unspecified atom stereocenters. The first kappa shape index (κ1) is 13.1. The molecule has 102 valence electrons.